The molecule has 170 valence electrons. The topological polar surface area (TPSA) is 69.9 Å². The molecule has 2 aromatic carbocycles. The summed E-state index contributed by atoms with van der Waals surface area (Å²) in [4.78, 5) is 12.5. The average Bonchev–Trinajstić information content (AvgIpc) is 3.27. The third-order valence-electron chi connectivity index (χ3n) is 4.97. The minimum absolute atomic E-state index is 0.0657. The smallest absolute Gasteiger partial charge is 0.387 e. The van der Waals surface area contributed by atoms with E-state index in [9.17, 15) is 13.6 Å². The van der Waals surface area contributed by atoms with Gasteiger partial charge >= 0.3 is 6.61 Å². The molecule has 1 unspecified atom stereocenters. The zero-order valence-corrected chi connectivity index (χ0v) is 18.1. The number of ether oxygens (including phenoxy) is 3. The number of carbonyl (C=O) groups is 1. The van der Waals surface area contributed by atoms with E-state index in [0.717, 1.165) is 6.42 Å². The van der Waals surface area contributed by atoms with Gasteiger partial charge in [-0.3, -0.25) is 4.79 Å². The summed E-state index contributed by atoms with van der Waals surface area (Å²) < 4.78 is 45.6. The summed E-state index contributed by atoms with van der Waals surface area (Å²) in [5, 5.41) is 2.63. The van der Waals surface area contributed by atoms with Crippen LogP contribution in [0.25, 0.3) is 0 Å². The van der Waals surface area contributed by atoms with Crippen molar-refractivity contribution in [2.24, 2.45) is 0 Å². The number of benzene rings is 2. The summed E-state index contributed by atoms with van der Waals surface area (Å²) in [6, 6.07) is 15.2. The fraction of sp³-hybridized carbons (Fsp3) is 0.292. The Kier molecular flexibility index (Phi) is 7.70. The van der Waals surface area contributed by atoms with Crippen molar-refractivity contribution in [1.82, 2.24) is 0 Å². The van der Waals surface area contributed by atoms with Crippen LogP contribution in [0.2, 0.25) is 0 Å². The fourth-order valence-electron chi connectivity index (χ4n) is 2.99. The highest BCUT2D eigenvalue weighted by Gasteiger charge is 2.15. The molecule has 1 atom stereocenters. The van der Waals surface area contributed by atoms with E-state index in [1.54, 1.807) is 6.07 Å². The first kappa shape index (κ1) is 23.1. The van der Waals surface area contributed by atoms with Crippen LogP contribution in [0.15, 0.2) is 59.0 Å². The number of hydrogen-bond donors (Lipinski definition) is 1. The number of halogens is 2. The molecule has 1 amide bonds. The maximum atomic E-state index is 12.5. The lowest BCUT2D eigenvalue weighted by atomic mass is 9.99. The van der Waals surface area contributed by atoms with Crippen molar-refractivity contribution in [2.45, 2.75) is 39.4 Å². The molecule has 1 N–H and O–H groups in total. The zero-order chi connectivity index (χ0) is 23.1. The van der Waals surface area contributed by atoms with Crippen molar-refractivity contribution in [3.8, 4) is 17.2 Å². The number of methoxy groups -OCH3 is 1. The Balaban J connectivity index is 1.58. The molecule has 0 aliphatic carbocycles. The summed E-state index contributed by atoms with van der Waals surface area (Å²) in [7, 11) is 1.32. The second kappa shape index (κ2) is 10.7. The molecule has 0 spiro atoms. The van der Waals surface area contributed by atoms with Gasteiger partial charge in [0.15, 0.2) is 17.3 Å². The predicted octanol–water partition coefficient (Wildman–Crippen LogP) is 6.23. The highest BCUT2D eigenvalue weighted by molar-refractivity contribution is 6.02. The summed E-state index contributed by atoms with van der Waals surface area (Å²) in [5.41, 5.74) is 1.59. The first-order valence-electron chi connectivity index (χ1n) is 10.1. The lowest BCUT2D eigenvalue weighted by Crippen LogP contribution is -2.11. The third-order valence-corrected chi connectivity index (χ3v) is 4.97. The van der Waals surface area contributed by atoms with Gasteiger partial charge < -0.3 is 23.9 Å². The monoisotopic (exact) mass is 445 g/mol. The first-order chi connectivity index (χ1) is 15.4. The summed E-state index contributed by atoms with van der Waals surface area (Å²) >= 11 is 0. The van der Waals surface area contributed by atoms with Gasteiger partial charge in [0, 0.05) is 11.8 Å². The average molecular weight is 445 g/mol. The number of amides is 1. The molecule has 0 bridgehead atoms. The molecular formula is C24H25F2NO5. The highest BCUT2D eigenvalue weighted by atomic mass is 19.3. The van der Waals surface area contributed by atoms with E-state index in [-0.39, 0.29) is 23.9 Å². The van der Waals surface area contributed by atoms with Crippen molar-refractivity contribution in [2.75, 3.05) is 12.4 Å². The number of anilines is 1. The van der Waals surface area contributed by atoms with Crippen molar-refractivity contribution in [3.63, 3.8) is 0 Å². The Bertz CT molecular complexity index is 1030. The molecule has 3 aromatic rings. The summed E-state index contributed by atoms with van der Waals surface area (Å²) in [6.07, 6.45) is 1.07. The van der Waals surface area contributed by atoms with E-state index in [4.69, 9.17) is 13.9 Å². The number of alkyl halides is 2. The molecule has 8 heteroatoms. The zero-order valence-electron chi connectivity index (χ0n) is 18.1. The van der Waals surface area contributed by atoms with E-state index in [1.807, 2.05) is 24.3 Å². The van der Waals surface area contributed by atoms with Gasteiger partial charge in [-0.25, -0.2) is 0 Å². The van der Waals surface area contributed by atoms with E-state index in [1.165, 1.54) is 36.9 Å². The first-order valence-corrected chi connectivity index (χ1v) is 10.1. The molecule has 1 heterocycles. The standard InChI is InChI=1S/C24H25F2NO5/c1-4-15(2)16-5-8-18(9-6-16)30-14-19-10-12-21(31-19)23(28)27-17-7-11-20(32-24(25)26)22(13-17)29-3/h5-13,15,24H,4,14H2,1-3H3,(H,27,28). The molecule has 0 aliphatic rings. The Morgan fingerprint density at radius 2 is 1.81 bits per heavy atom. The molecule has 3 rings (SSSR count). The number of rotatable bonds is 10. The Hall–Kier alpha value is -3.55. The van der Waals surface area contributed by atoms with Crippen molar-refractivity contribution in [1.29, 1.82) is 0 Å². The van der Waals surface area contributed by atoms with Gasteiger partial charge in [0.05, 0.1) is 7.11 Å². The lowest BCUT2D eigenvalue weighted by Gasteiger charge is -2.11. The third kappa shape index (κ3) is 6.00. The van der Waals surface area contributed by atoms with Crippen LogP contribution in [-0.4, -0.2) is 19.6 Å². The molecule has 6 nitrogen and oxygen atoms in total. The van der Waals surface area contributed by atoms with Crippen molar-refractivity contribution in [3.05, 3.63) is 71.7 Å². The maximum absolute atomic E-state index is 12.5. The van der Waals surface area contributed by atoms with Gasteiger partial charge in [-0.1, -0.05) is 26.0 Å². The van der Waals surface area contributed by atoms with Crippen LogP contribution in [0, 0.1) is 0 Å². The van der Waals surface area contributed by atoms with E-state index < -0.39 is 12.5 Å². The fourth-order valence-corrected chi connectivity index (χ4v) is 2.99. The molecule has 32 heavy (non-hydrogen) atoms. The van der Waals surface area contributed by atoms with Crippen LogP contribution in [0.1, 0.15) is 48.1 Å². The number of hydrogen-bond acceptors (Lipinski definition) is 5. The minimum atomic E-state index is -2.98. The molecule has 0 aliphatic heterocycles. The number of furan rings is 1. The normalized spacial score (nSPS) is 11.8. The van der Waals surface area contributed by atoms with Gasteiger partial charge in [-0.05, 0) is 54.3 Å². The van der Waals surface area contributed by atoms with Gasteiger partial charge in [-0.15, -0.1) is 0 Å². The van der Waals surface area contributed by atoms with E-state index in [0.29, 0.717) is 23.1 Å². The predicted molar refractivity (Wildman–Crippen MR) is 116 cm³/mol. The van der Waals surface area contributed by atoms with E-state index >= 15 is 0 Å². The molecule has 0 radical (unpaired) electrons. The molecule has 1 aromatic heterocycles. The Morgan fingerprint density at radius 3 is 2.47 bits per heavy atom. The highest BCUT2D eigenvalue weighted by Crippen LogP contribution is 2.31. The molecule has 0 saturated heterocycles. The summed E-state index contributed by atoms with van der Waals surface area (Å²) in [5.74, 6) is 1.20. The Morgan fingerprint density at radius 1 is 1.06 bits per heavy atom. The van der Waals surface area contributed by atoms with Gasteiger partial charge in [0.25, 0.3) is 5.91 Å². The maximum Gasteiger partial charge on any atom is 0.387 e. The second-order valence-electron chi connectivity index (χ2n) is 7.13. The van der Waals surface area contributed by atoms with Crippen molar-refractivity contribution >= 4 is 11.6 Å². The van der Waals surface area contributed by atoms with Gasteiger partial charge in [0.1, 0.15) is 18.1 Å². The minimum Gasteiger partial charge on any atom is -0.493 e. The van der Waals surface area contributed by atoms with Crippen LogP contribution < -0.4 is 19.5 Å². The SMILES string of the molecule is CCC(C)c1ccc(OCc2ccc(C(=O)Nc3ccc(OC(F)F)c(OC)c3)o2)cc1. The van der Waals surface area contributed by atoms with Crippen molar-refractivity contribution < 1.29 is 32.2 Å². The van der Waals surface area contributed by atoms with Gasteiger partial charge in [-0.2, -0.15) is 8.78 Å². The van der Waals surface area contributed by atoms with Crippen LogP contribution >= 0.6 is 0 Å². The van der Waals surface area contributed by atoms with Crippen LogP contribution in [0.5, 0.6) is 17.2 Å². The Labute approximate surface area is 185 Å². The van der Waals surface area contributed by atoms with Gasteiger partial charge in [0.2, 0.25) is 0 Å². The van der Waals surface area contributed by atoms with Crippen LogP contribution in [0.4, 0.5) is 14.5 Å². The number of nitrogens with one attached hydrogen (secondary N) is 1. The number of carbonyl (C=O) groups excluding carboxylic acids is 1. The van der Waals surface area contributed by atoms with Crippen LogP contribution in [0.3, 0.4) is 0 Å². The molecular weight excluding hydrogens is 420 g/mol. The van der Waals surface area contributed by atoms with Crippen LogP contribution in [-0.2, 0) is 6.61 Å². The lowest BCUT2D eigenvalue weighted by molar-refractivity contribution is -0.0512. The largest absolute Gasteiger partial charge is 0.493 e. The second-order valence-corrected chi connectivity index (χ2v) is 7.13. The molecule has 0 fully saturated rings. The summed E-state index contributed by atoms with van der Waals surface area (Å²) in [6.45, 7) is 1.51. The molecule has 0 saturated carbocycles. The van der Waals surface area contributed by atoms with E-state index in [2.05, 4.69) is 23.9 Å². The quantitative estimate of drug-likeness (QED) is 0.400.